The van der Waals surface area contributed by atoms with E-state index in [1.54, 1.807) is 17.2 Å². The van der Waals surface area contributed by atoms with E-state index in [4.69, 9.17) is 4.74 Å². The van der Waals surface area contributed by atoms with Crippen LogP contribution in [-0.2, 0) is 6.54 Å². The molecule has 0 aliphatic heterocycles. The van der Waals surface area contributed by atoms with E-state index in [1.807, 2.05) is 74.5 Å². The number of benzene rings is 2. The summed E-state index contributed by atoms with van der Waals surface area (Å²) in [5.74, 6) is 0.750. The lowest BCUT2D eigenvalue weighted by molar-refractivity contribution is 0.0746. The Morgan fingerprint density at radius 1 is 1.00 bits per heavy atom. The minimum absolute atomic E-state index is 0.0818. The Labute approximate surface area is 166 Å². The zero-order chi connectivity index (χ0) is 19.8. The lowest BCUT2D eigenvalue weighted by Gasteiger charge is -2.21. The maximum Gasteiger partial charge on any atom is 0.272 e. The molecule has 1 aromatic heterocycles. The molecule has 0 unspecified atom stereocenters. The van der Waals surface area contributed by atoms with Crippen LogP contribution in [-0.4, -0.2) is 28.9 Å². The number of rotatable bonds is 8. The molecule has 0 saturated carbocycles. The molecule has 1 N–H and O–H groups in total. The van der Waals surface area contributed by atoms with Crippen LogP contribution in [0.3, 0.4) is 0 Å². The van der Waals surface area contributed by atoms with Crippen LogP contribution in [0.2, 0.25) is 0 Å². The van der Waals surface area contributed by atoms with Gasteiger partial charge in [0.2, 0.25) is 0 Å². The van der Waals surface area contributed by atoms with Crippen molar-refractivity contribution < 1.29 is 9.53 Å². The highest BCUT2D eigenvalue weighted by atomic mass is 16.5. The second-order valence-electron chi connectivity index (χ2n) is 6.32. The van der Waals surface area contributed by atoms with Crippen LogP contribution in [0.5, 0.6) is 5.75 Å². The van der Waals surface area contributed by atoms with Gasteiger partial charge >= 0.3 is 0 Å². The summed E-state index contributed by atoms with van der Waals surface area (Å²) in [6.07, 6.45) is 1.65. The first-order valence-electron chi connectivity index (χ1n) is 9.48. The number of nitrogens with one attached hydrogen (secondary N) is 1. The van der Waals surface area contributed by atoms with Gasteiger partial charge in [0.15, 0.2) is 0 Å². The molecule has 0 aliphatic carbocycles. The van der Waals surface area contributed by atoms with Crippen molar-refractivity contribution in [3.8, 4) is 5.75 Å². The van der Waals surface area contributed by atoms with Crippen LogP contribution in [0.4, 0.5) is 11.4 Å². The highest BCUT2D eigenvalue weighted by molar-refractivity contribution is 5.93. The van der Waals surface area contributed by atoms with Crippen LogP contribution in [0, 0.1) is 0 Å². The summed E-state index contributed by atoms with van der Waals surface area (Å²) in [6.45, 7) is 5.75. The molecule has 5 heteroatoms. The first-order chi connectivity index (χ1) is 13.7. The summed E-state index contributed by atoms with van der Waals surface area (Å²) in [4.78, 5) is 19.0. The van der Waals surface area contributed by atoms with Gasteiger partial charge in [0, 0.05) is 30.7 Å². The maximum atomic E-state index is 12.9. The summed E-state index contributed by atoms with van der Waals surface area (Å²) >= 11 is 0. The number of carbonyl (C=O) groups excluding carboxylic acids is 1. The predicted molar refractivity (Wildman–Crippen MR) is 112 cm³/mol. The highest BCUT2D eigenvalue weighted by Gasteiger charge is 2.16. The van der Waals surface area contributed by atoms with Crippen molar-refractivity contribution in [3.05, 3.63) is 84.2 Å². The molecule has 1 heterocycles. The Morgan fingerprint density at radius 2 is 1.75 bits per heavy atom. The van der Waals surface area contributed by atoms with Crippen molar-refractivity contribution >= 4 is 17.3 Å². The summed E-state index contributed by atoms with van der Waals surface area (Å²) in [7, 11) is 0. The van der Waals surface area contributed by atoms with Gasteiger partial charge in [0.25, 0.3) is 5.91 Å². The van der Waals surface area contributed by atoms with E-state index in [1.165, 1.54) is 0 Å². The minimum Gasteiger partial charge on any atom is -0.494 e. The van der Waals surface area contributed by atoms with E-state index in [0.717, 1.165) is 22.7 Å². The SMILES string of the molecule is CCOc1ccc(Nc2ccnc(C(=O)N(CC)Cc3ccccc3)c2)cc1. The van der Waals surface area contributed by atoms with Crippen LogP contribution in [0.15, 0.2) is 72.9 Å². The molecule has 5 nitrogen and oxygen atoms in total. The molecule has 0 saturated heterocycles. The number of pyridine rings is 1. The summed E-state index contributed by atoms with van der Waals surface area (Å²) in [6, 6.07) is 21.3. The molecule has 3 aromatic rings. The van der Waals surface area contributed by atoms with Gasteiger partial charge in [0.05, 0.1) is 6.61 Å². The standard InChI is InChI=1S/C23H25N3O2/c1-3-26(17-18-8-6-5-7-9-18)23(27)22-16-20(14-15-24-22)25-19-10-12-21(13-11-19)28-4-2/h5-16H,3-4,17H2,1-2H3,(H,24,25). The van der Waals surface area contributed by atoms with Gasteiger partial charge in [-0.2, -0.15) is 0 Å². The molecule has 0 atom stereocenters. The number of ether oxygens (including phenoxy) is 1. The first kappa shape index (κ1) is 19.4. The normalized spacial score (nSPS) is 10.4. The van der Waals surface area contributed by atoms with Gasteiger partial charge in [-0.05, 0) is 55.8 Å². The van der Waals surface area contributed by atoms with Gasteiger partial charge in [-0.1, -0.05) is 30.3 Å². The average molecular weight is 375 g/mol. The van der Waals surface area contributed by atoms with E-state index >= 15 is 0 Å². The first-order valence-corrected chi connectivity index (χ1v) is 9.48. The van der Waals surface area contributed by atoms with Crippen molar-refractivity contribution in [1.29, 1.82) is 0 Å². The molecular weight excluding hydrogens is 350 g/mol. The zero-order valence-electron chi connectivity index (χ0n) is 16.3. The van der Waals surface area contributed by atoms with Gasteiger partial charge in [0.1, 0.15) is 11.4 Å². The number of hydrogen-bond acceptors (Lipinski definition) is 4. The Bertz CT molecular complexity index is 895. The second-order valence-corrected chi connectivity index (χ2v) is 6.32. The smallest absolute Gasteiger partial charge is 0.272 e. The van der Waals surface area contributed by atoms with Crippen LogP contribution < -0.4 is 10.1 Å². The number of aromatic nitrogens is 1. The average Bonchev–Trinajstić information content (AvgIpc) is 2.74. The highest BCUT2D eigenvalue weighted by Crippen LogP contribution is 2.21. The largest absolute Gasteiger partial charge is 0.494 e. The Balaban J connectivity index is 1.71. The van der Waals surface area contributed by atoms with Gasteiger partial charge in [-0.3, -0.25) is 9.78 Å². The molecule has 0 fully saturated rings. The molecule has 0 aliphatic rings. The monoisotopic (exact) mass is 375 g/mol. The number of nitrogens with zero attached hydrogens (tertiary/aromatic N) is 2. The van der Waals surface area contributed by atoms with E-state index in [2.05, 4.69) is 10.3 Å². The summed E-state index contributed by atoms with van der Waals surface area (Å²) < 4.78 is 5.46. The molecule has 28 heavy (non-hydrogen) atoms. The third kappa shape index (κ3) is 5.10. The van der Waals surface area contributed by atoms with Crippen LogP contribution >= 0.6 is 0 Å². The molecule has 2 aromatic carbocycles. The zero-order valence-corrected chi connectivity index (χ0v) is 16.3. The van der Waals surface area contributed by atoms with E-state index < -0.39 is 0 Å². The van der Waals surface area contributed by atoms with E-state index in [9.17, 15) is 4.79 Å². The topological polar surface area (TPSA) is 54.5 Å². The lowest BCUT2D eigenvalue weighted by atomic mass is 10.2. The van der Waals surface area contributed by atoms with Gasteiger partial charge in [-0.25, -0.2) is 0 Å². The Kier molecular flexibility index (Phi) is 6.63. The lowest BCUT2D eigenvalue weighted by Crippen LogP contribution is -2.31. The van der Waals surface area contributed by atoms with Crippen molar-refractivity contribution in [2.45, 2.75) is 20.4 Å². The van der Waals surface area contributed by atoms with E-state index in [-0.39, 0.29) is 5.91 Å². The van der Waals surface area contributed by atoms with E-state index in [0.29, 0.717) is 25.4 Å². The quantitative estimate of drug-likeness (QED) is 0.609. The third-order valence-corrected chi connectivity index (χ3v) is 4.32. The number of amides is 1. The predicted octanol–water partition coefficient (Wildman–Crippen LogP) is 4.89. The number of hydrogen-bond donors (Lipinski definition) is 1. The third-order valence-electron chi connectivity index (χ3n) is 4.32. The number of carbonyl (C=O) groups is 1. The maximum absolute atomic E-state index is 12.9. The minimum atomic E-state index is -0.0818. The second kappa shape index (κ2) is 9.55. The summed E-state index contributed by atoms with van der Waals surface area (Å²) in [5, 5.41) is 3.31. The van der Waals surface area contributed by atoms with Gasteiger partial charge < -0.3 is 15.0 Å². The molecule has 0 radical (unpaired) electrons. The fraction of sp³-hybridized carbons (Fsp3) is 0.217. The Morgan fingerprint density at radius 3 is 2.43 bits per heavy atom. The van der Waals surface area contributed by atoms with Crippen LogP contribution in [0.1, 0.15) is 29.9 Å². The molecule has 144 valence electrons. The summed E-state index contributed by atoms with van der Waals surface area (Å²) in [5.41, 5.74) is 3.26. The Hall–Kier alpha value is -3.34. The van der Waals surface area contributed by atoms with Crippen molar-refractivity contribution in [2.75, 3.05) is 18.5 Å². The van der Waals surface area contributed by atoms with Crippen molar-refractivity contribution in [2.24, 2.45) is 0 Å². The fourth-order valence-corrected chi connectivity index (χ4v) is 2.89. The van der Waals surface area contributed by atoms with Crippen LogP contribution in [0.25, 0.3) is 0 Å². The van der Waals surface area contributed by atoms with Gasteiger partial charge in [-0.15, -0.1) is 0 Å². The molecule has 0 spiro atoms. The fourth-order valence-electron chi connectivity index (χ4n) is 2.89. The molecular formula is C23H25N3O2. The number of anilines is 2. The molecule has 1 amide bonds. The molecule has 3 rings (SSSR count). The molecule has 0 bridgehead atoms. The van der Waals surface area contributed by atoms with Crippen molar-refractivity contribution in [1.82, 2.24) is 9.88 Å². The van der Waals surface area contributed by atoms with Crippen molar-refractivity contribution in [3.63, 3.8) is 0 Å².